The Bertz CT molecular complexity index is 676. The molecule has 1 aromatic carbocycles. The number of benzene rings is 1. The molecule has 1 aromatic rings. The van der Waals surface area contributed by atoms with Gasteiger partial charge in [-0.05, 0) is 30.0 Å². The summed E-state index contributed by atoms with van der Waals surface area (Å²) in [6.07, 6.45) is 0.403. The predicted octanol–water partition coefficient (Wildman–Crippen LogP) is 1.80. The third-order valence-electron chi connectivity index (χ3n) is 4.73. The Morgan fingerprint density at radius 1 is 1.31 bits per heavy atom. The van der Waals surface area contributed by atoms with Crippen LogP contribution in [0.1, 0.15) is 25.8 Å². The maximum atomic E-state index is 12.1. The lowest BCUT2D eigenvalue weighted by molar-refractivity contribution is 0.148. The molecule has 0 bridgehead atoms. The maximum absolute atomic E-state index is 12.1. The number of sulfonamides is 1. The second kappa shape index (κ2) is 9.17. The molecule has 2 rings (SSSR count). The van der Waals surface area contributed by atoms with Crippen molar-refractivity contribution in [3.63, 3.8) is 0 Å². The molecule has 1 aliphatic rings. The van der Waals surface area contributed by atoms with Gasteiger partial charge in [0, 0.05) is 39.6 Å². The number of ether oxygens (including phenoxy) is 1. The normalized spacial score (nSPS) is 21.7. The van der Waals surface area contributed by atoms with Crippen molar-refractivity contribution in [3.05, 3.63) is 29.8 Å². The molecule has 6 nitrogen and oxygen atoms in total. The van der Waals surface area contributed by atoms with Gasteiger partial charge >= 0.3 is 0 Å². The van der Waals surface area contributed by atoms with Crippen LogP contribution in [-0.2, 0) is 16.6 Å². The van der Waals surface area contributed by atoms with Crippen molar-refractivity contribution in [1.82, 2.24) is 9.21 Å². The molecule has 1 fully saturated rings. The third kappa shape index (κ3) is 6.23. The molecule has 148 valence electrons. The summed E-state index contributed by atoms with van der Waals surface area (Å²) in [4.78, 5) is 2.10. The highest BCUT2D eigenvalue weighted by Crippen LogP contribution is 2.23. The lowest BCUT2D eigenvalue weighted by atomic mass is 10.1. The Morgan fingerprint density at radius 2 is 2.04 bits per heavy atom. The van der Waals surface area contributed by atoms with Crippen LogP contribution in [0, 0.1) is 11.8 Å². The smallest absolute Gasteiger partial charge is 0.214 e. The number of hydrogen-bond donors (Lipinski definition) is 1. The Balaban J connectivity index is 1.91. The van der Waals surface area contributed by atoms with E-state index < -0.39 is 16.1 Å². The molecule has 0 spiro atoms. The fourth-order valence-electron chi connectivity index (χ4n) is 3.06. The fourth-order valence-corrected chi connectivity index (χ4v) is 4.23. The van der Waals surface area contributed by atoms with Crippen molar-refractivity contribution < 1.29 is 18.3 Å². The van der Waals surface area contributed by atoms with E-state index in [1.807, 2.05) is 24.3 Å². The SMILES string of the molecule is CC(C)CCOc1cccc(CN2CC(O)C(CS(=O)(=O)N(C)C)C2)c1. The van der Waals surface area contributed by atoms with Crippen LogP contribution in [0.15, 0.2) is 24.3 Å². The highest BCUT2D eigenvalue weighted by molar-refractivity contribution is 7.89. The van der Waals surface area contributed by atoms with Crippen molar-refractivity contribution in [3.8, 4) is 5.75 Å². The number of rotatable bonds is 9. The van der Waals surface area contributed by atoms with Gasteiger partial charge in [0.25, 0.3) is 0 Å². The van der Waals surface area contributed by atoms with Gasteiger partial charge in [0.1, 0.15) is 5.75 Å². The standard InChI is InChI=1S/C19H32N2O4S/c1-15(2)8-9-25-18-7-5-6-16(10-18)11-21-12-17(19(22)13-21)14-26(23,24)20(3)4/h5-7,10,15,17,19,22H,8-9,11-14H2,1-4H3. The van der Waals surface area contributed by atoms with E-state index in [0.29, 0.717) is 32.2 Å². The molecule has 0 aromatic heterocycles. The minimum atomic E-state index is -3.31. The van der Waals surface area contributed by atoms with Crippen molar-refractivity contribution in [2.45, 2.75) is 32.9 Å². The summed E-state index contributed by atoms with van der Waals surface area (Å²) in [7, 11) is -0.254. The maximum Gasteiger partial charge on any atom is 0.214 e. The Kier molecular flexibility index (Phi) is 7.46. The van der Waals surface area contributed by atoms with Crippen LogP contribution in [0.2, 0.25) is 0 Å². The zero-order valence-electron chi connectivity index (χ0n) is 16.3. The van der Waals surface area contributed by atoms with Crippen LogP contribution < -0.4 is 4.74 Å². The summed E-state index contributed by atoms with van der Waals surface area (Å²) in [6.45, 7) is 6.79. The molecule has 1 saturated heterocycles. The Morgan fingerprint density at radius 3 is 2.69 bits per heavy atom. The summed E-state index contributed by atoms with van der Waals surface area (Å²) >= 11 is 0. The van der Waals surface area contributed by atoms with E-state index in [1.165, 1.54) is 18.4 Å². The molecule has 26 heavy (non-hydrogen) atoms. The molecule has 0 radical (unpaired) electrons. The summed E-state index contributed by atoms with van der Waals surface area (Å²) in [5.41, 5.74) is 1.11. The van der Waals surface area contributed by atoms with Crippen molar-refractivity contribution in [2.24, 2.45) is 11.8 Å². The molecular weight excluding hydrogens is 352 g/mol. The van der Waals surface area contributed by atoms with Crippen LogP contribution in [0.3, 0.4) is 0 Å². The summed E-state index contributed by atoms with van der Waals surface area (Å²) < 4.78 is 31.2. The molecule has 1 N–H and O–H groups in total. The first kappa shape index (κ1) is 21.2. The van der Waals surface area contributed by atoms with E-state index in [1.54, 1.807) is 0 Å². The van der Waals surface area contributed by atoms with Crippen LogP contribution in [0.5, 0.6) is 5.75 Å². The van der Waals surface area contributed by atoms with Gasteiger partial charge in [-0.15, -0.1) is 0 Å². The zero-order valence-corrected chi connectivity index (χ0v) is 17.1. The number of hydrogen-bond acceptors (Lipinski definition) is 5. The van der Waals surface area contributed by atoms with Crippen LogP contribution >= 0.6 is 0 Å². The van der Waals surface area contributed by atoms with E-state index in [4.69, 9.17) is 4.74 Å². The number of β-amino-alcohol motifs (C(OH)–C–C–N with tert-alkyl or cyclic N) is 1. The molecule has 1 aliphatic heterocycles. The number of aliphatic hydroxyl groups is 1. The summed E-state index contributed by atoms with van der Waals surface area (Å²) in [6, 6.07) is 7.98. The van der Waals surface area contributed by atoms with Gasteiger partial charge in [-0.25, -0.2) is 12.7 Å². The van der Waals surface area contributed by atoms with E-state index in [2.05, 4.69) is 18.7 Å². The minimum absolute atomic E-state index is 0.0178. The molecule has 0 amide bonds. The van der Waals surface area contributed by atoms with E-state index in [-0.39, 0.29) is 11.7 Å². The van der Waals surface area contributed by atoms with Crippen molar-refractivity contribution in [2.75, 3.05) is 39.5 Å². The zero-order chi connectivity index (χ0) is 19.3. The first-order valence-corrected chi connectivity index (χ1v) is 10.8. The molecule has 0 aliphatic carbocycles. The van der Waals surface area contributed by atoms with Crippen molar-refractivity contribution >= 4 is 10.0 Å². The Hall–Kier alpha value is -1.15. The second-order valence-electron chi connectivity index (χ2n) is 7.76. The highest BCUT2D eigenvalue weighted by atomic mass is 32.2. The van der Waals surface area contributed by atoms with Crippen LogP contribution in [0.25, 0.3) is 0 Å². The first-order chi connectivity index (χ1) is 12.2. The third-order valence-corrected chi connectivity index (χ3v) is 6.69. The molecular formula is C19H32N2O4S. The quantitative estimate of drug-likeness (QED) is 0.703. The van der Waals surface area contributed by atoms with Gasteiger partial charge < -0.3 is 9.84 Å². The molecule has 7 heteroatoms. The van der Waals surface area contributed by atoms with Gasteiger partial charge in [0.05, 0.1) is 18.5 Å². The highest BCUT2D eigenvalue weighted by Gasteiger charge is 2.35. The van der Waals surface area contributed by atoms with Gasteiger partial charge in [-0.3, -0.25) is 4.90 Å². The topological polar surface area (TPSA) is 70.1 Å². The van der Waals surface area contributed by atoms with E-state index >= 15 is 0 Å². The first-order valence-electron chi connectivity index (χ1n) is 9.19. The molecule has 2 unspecified atom stereocenters. The van der Waals surface area contributed by atoms with Gasteiger partial charge in [-0.2, -0.15) is 0 Å². The summed E-state index contributed by atoms with van der Waals surface area (Å²) in [5, 5.41) is 10.3. The summed E-state index contributed by atoms with van der Waals surface area (Å²) in [5.74, 6) is 1.19. The average Bonchev–Trinajstić information content (AvgIpc) is 2.86. The fraction of sp³-hybridized carbons (Fsp3) is 0.684. The van der Waals surface area contributed by atoms with Gasteiger partial charge in [0.2, 0.25) is 10.0 Å². The average molecular weight is 385 g/mol. The number of aliphatic hydroxyl groups excluding tert-OH is 1. The second-order valence-corrected chi connectivity index (χ2v) is 9.99. The monoisotopic (exact) mass is 384 g/mol. The molecule has 0 saturated carbocycles. The van der Waals surface area contributed by atoms with Gasteiger partial charge in [0.15, 0.2) is 0 Å². The number of nitrogens with zero attached hydrogens (tertiary/aromatic N) is 2. The molecule has 1 heterocycles. The van der Waals surface area contributed by atoms with Gasteiger partial charge in [-0.1, -0.05) is 26.0 Å². The number of likely N-dealkylation sites (tertiary alicyclic amines) is 1. The van der Waals surface area contributed by atoms with Crippen LogP contribution in [0.4, 0.5) is 0 Å². The predicted molar refractivity (Wildman–Crippen MR) is 104 cm³/mol. The lowest BCUT2D eigenvalue weighted by Gasteiger charge is -2.18. The largest absolute Gasteiger partial charge is 0.494 e. The van der Waals surface area contributed by atoms with E-state index in [0.717, 1.165) is 17.7 Å². The van der Waals surface area contributed by atoms with Crippen LogP contribution in [-0.4, -0.2) is 68.4 Å². The minimum Gasteiger partial charge on any atom is -0.494 e. The van der Waals surface area contributed by atoms with Crippen molar-refractivity contribution in [1.29, 1.82) is 0 Å². The Labute approximate surface area is 157 Å². The van der Waals surface area contributed by atoms with E-state index in [9.17, 15) is 13.5 Å². The lowest BCUT2D eigenvalue weighted by Crippen LogP contribution is -2.33. The molecule has 2 atom stereocenters.